The van der Waals surface area contributed by atoms with Gasteiger partial charge in [-0.15, -0.1) is 0 Å². The second kappa shape index (κ2) is 7.73. The van der Waals surface area contributed by atoms with Crippen LogP contribution in [0, 0.1) is 0 Å². The Kier molecular flexibility index (Phi) is 7.20. The summed E-state index contributed by atoms with van der Waals surface area (Å²) in [5.41, 5.74) is 0. The normalized spacial score (nSPS) is 9.69. The van der Waals surface area contributed by atoms with Crippen molar-refractivity contribution in [3.05, 3.63) is 0 Å². The second-order valence-corrected chi connectivity index (χ2v) is 2.57. The maximum Gasteiger partial charge on any atom is 0.313 e. The molecule has 0 fully saturated rings. The van der Waals surface area contributed by atoms with Crippen molar-refractivity contribution in [3.8, 4) is 0 Å². The lowest BCUT2D eigenvalue weighted by atomic mass is 10.3. The Labute approximate surface area is 78.2 Å². The molecule has 0 saturated carbocycles. The molecule has 0 radical (unpaired) electrons. The second-order valence-electron chi connectivity index (χ2n) is 2.57. The van der Waals surface area contributed by atoms with Gasteiger partial charge in [0.25, 0.3) is 0 Å². The molecule has 0 amide bonds. The number of carbonyl (C=O) groups excluding carboxylic acids is 2. The van der Waals surface area contributed by atoms with Crippen LogP contribution in [0.25, 0.3) is 0 Å². The molecule has 0 aliphatic carbocycles. The van der Waals surface area contributed by atoms with Gasteiger partial charge < -0.3 is 9.47 Å². The van der Waals surface area contributed by atoms with Gasteiger partial charge in [0, 0.05) is 6.61 Å². The lowest BCUT2D eigenvalue weighted by molar-refractivity contribution is -0.146. The number of esters is 1. The SMILES string of the molecule is CCCOCC(=O)CC(=O)OCC. The Morgan fingerprint density at radius 2 is 1.92 bits per heavy atom. The highest BCUT2D eigenvalue weighted by Gasteiger charge is 2.09. The summed E-state index contributed by atoms with van der Waals surface area (Å²) < 4.78 is 9.57. The highest BCUT2D eigenvalue weighted by Crippen LogP contribution is 1.90. The van der Waals surface area contributed by atoms with E-state index in [1.54, 1.807) is 6.92 Å². The third-order valence-corrected chi connectivity index (χ3v) is 1.26. The maximum absolute atomic E-state index is 11.0. The van der Waals surface area contributed by atoms with Crippen molar-refractivity contribution in [2.45, 2.75) is 26.7 Å². The van der Waals surface area contributed by atoms with E-state index in [4.69, 9.17) is 4.74 Å². The van der Waals surface area contributed by atoms with Crippen LogP contribution in [0.2, 0.25) is 0 Å². The van der Waals surface area contributed by atoms with Crippen LogP contribution in [0.5, 0.6) is 0 Å². The molecule has 0 atom stereocenters. The molecule has 4 heteroatoms. The predicted octanol–water partition coefficient (Wildman–Crippen LogP) is 0.935. The first-order valence-electron chi connectivity index (χ1n) is 4.45. The summed E-state index contributed by atoms with van der Waals surface area (Å²) in [7, 11) is 0. The van der Waals surface area contributed by atoms with Gasteiger partial charge in [0.1, 0.15) is 13.0 Å². The number of hydrogen-bond donors (Lipinski definition) is 0. The molecule has 0 aliphatic rings. The van der Waals surface area contributed by atoms with Crippen molar-refractivity contribution < 1.29 is 19.1 Å². The van der Waals surface area contributed by atoms with Crippen LogP contribution < -0.4 is 0 Å². The standard InChI is InChI=1S/C9H16O4/c1-3-5-12-7-8(10)6-9(11)13-4-2/h3-7H2,1-2H3. The molecule has 0 unspecified atom stereocenters. The topological polar surface area (TPSA) is 52.6 Å². The van der Waals surface area contributed by atoms with Crippen molar-refractivity contribution in [2.75, 3.05) is 19.8 Å². The highest BCUT2D eigenvalue weighted by molar-refractivity contribution is 5.96. The average molecular weight is 188 g/mol. The van der Waals surface area contributed by atoms with E-state index >= 15 is 0 Å². The van der Waals surface area contributed by atoms with Gasteiger partial charge in [0.2, 0.25) is 0 Å². The van der Waals surface area contributed by atoms with E-state index in [0.717, 1.165) is 6.42 Å². The van der Waals surface area contributed by atoms with E-state index in [1.807, 2.05) is 6.92 Å². The first-order chi connectivity index (χ1) is 6.20. The molecule has 76 valence electrons. The van der Waals surface area contributed by atoms with Gasteiger partial charge in [-0.05, 0) is 13.3 Å². The fourth-order valence-electron chi connectivity index (χ4n) is 0.754. The van der Waals surface area contributed by atoms with Gasteiger partial charge in [-0.1, -0.05) is 6.92 Å². The minimum atomic E-state index is -0.479. The molecular weight excluding hydrogens is 172 g/mol. The molecule has 0 saturated heterocycles. The summed E-state index contributed by atoms with van der Waals surface area (Å²) in [4.78, 5) is 21.8. The summed E-state index contributed by atoms with van der Waals surface area (Å²) in [5, 5.41) is 0. The monoisotopic (exact) mass is 188 g/mol. The molecule has 0 N–H and O–H groups in total. The number of Topliss-reactive ketones (excluding diaryl/α,β-unsaturated/α-hetero) is 1. The van der Waals surface area contributed by atoms with Crippen LogP contribution >= 0.6 is 0 Å². The Hall–Kier alpha value is -0.900. The summed E-state index contributed by atoms with van der Waals surface area (Å²) in [6.07, 6.45) is 0.685. The minimum absolute atomic E-state index is 0.00660. The molecular formula is C9H16O4. The molecule has 0 aromatic carbocycles. The highest BCUT2D eigenvalue weighted by atomic mass is 16.5. The summed E-state index contributed by atoms with van der Waals surface area (Å²) >= 11 is 0. The predicted molar refractivity (Wildman–Crippen MR) is 47.4 cm³/mol. The van der Waals surface area contributed by atoms with E-state index in [0.29, 0.717) is 13.2 Å². The molecule has 0 aromatic rings. The summed E-state index contributed by atoms with van der Waals surface area (Å²) in [6, 6.07) is 0. The largest absolute Gasteiger partial charge is 0.466 e. The van der Waals surface area contributed by atoms with Gasteiger partial charge in [0.05, 0.1) is 6.61 Å². The molecule has 0 rings (SSSR count). The van der Waals surface area contributed by atoms with Gasteiger partial charge in [0.15, 0.2) is 5.78 Å². The number of ether oxygens (including phenoxy) is 2. The molecule has 0 spiro atoms. The van der Waals surface area contributed by atoms with Crippen molar-refractivity contribution in [1.29, 1.82) is 0 Å². The molecule has 13 heavy (non-hydrogen) atoms. The number of carbonyl (C=O) groups is 2. The molecule has 0 bridgehead atoms. The summed E-state index contributed by atoms with van der Waals surface area (Å²) in [6.45, 7) is 4.52. The Morgan fingerprint density at radius 1 is 1.23 bits per heavy atom. The van der Waals surface area contributed by atoms with Crippen LogP contribution in [0.3, 0.4) is 0 Å². The smallest absolute Gasteiger partial charge is 0.313 e. The lowest BCUT2D eigenvalue weighted by Crippen LogP contribution is -2.16. The van der Waals surface area contributed by atoms with Gasteiger partial charge in [-0.3, -0.25) is 9.59 Å². The van der Waals surface area contributed by atoms with Crippen molar-refractivity contribution in [1.82, 2.24) is 0 Å². The molecule has 0 aromatic heterocycles. The van der Waals surface area contributed by atoms with Gasteiger partial charge in [-0.2, -0.15) is 0 Å². The quantitative estimate of drug-likeness (QED) is 0.339. The van der Waals surface area contributed by atoms with Crippen LogP contribution in [-0.4, -0.2) is 31.6 Å². The molecule has 0 aliphatic heterocycles. The van der Waals surface area contributed by atoms with Crippen LogP contribution in [-0.2, 0) is 19.1 Å². The first kappa shape index (κ1) is 12.1. The van der Waals surface area contributed by atoms with E-state index in [-0.39, 0.29) is 18.8 Å². The third-order valence-electron chi connectivity index (χ3n) is 1.26. The zero-order chi connectivity index (χ0) is 10.1. The average Bonchev–Trinajstić information content (AvgIpc) is 2.05. The van der Waals surface area contributed by atoms with E-state index in [2.05, 4.69) is 4.74 Å². The first-order valence-corrected chi connectivity index (χ1v) is 4.45. The van der Waals surface area contributed by atoms with E-state index in [9.17, 15) is 9.59 Å². The van der Waals surface area contributed by atoms with Crippen molar-refractivity contribution in [3.63, 3.8) is 0 Å². The Balaban J connectivity index is 3.44. The zero-order valence-electron chi connectivity index (χ0n) is 8.17. The van der Waals surface area contributed by atoms with Crippen LogP contribution in [0.15, 0.2) is 0 Å². The zero-order valence-corrected chi connectivity index (χ0v) is 8.17. The van der Waals surface area contributed by atoms with E-state index in [1.165, 1.54) is 0 Å². The van der Waals surface area contributed by atoms with Crippen LogP contribution in [0.4, 0.5) is 0 Å². The van der Waals surface area contributed by atoms with Crippen LogP contribution in [0.1, 0.15) is 26.7 Å². The Morgan fingerprint density at radius 3 is 2.46 bits per heavy atom. The van der Waals surface area contributed by atoms with Crippen molar-refractivity contribution >= 4 is 11.8 Å². The fraction of sp³-hybridized carbons (Fsp3) is 0.778. The number of hydrogen-bond acceptors (Lipinski definition) is 4. The van der Waals surface area contributed by atoms with E-state index < -0.39 is 5.97 Å². The maximum atomic E-state index is 11.0. The number of rotatable bonds is 7. The van der Waals surface area contributed by atoms with Gasteiger partial charge >= 0.3 is 5.97 Å². The minimum Gasteiger partial charge on any atom is -0.466 e. The summed E-state index contributed by atoms with van der Waals surface area (Å²) in [5.74, 6) is -0.709. The lowest BCUT2D eigenvalue weighted by Gasteiger charge is -2.01. The Bertz CT molecular complexity index is 165. The fourth-order valence-corrected chi connectivity index (χ4v) is 0.754. The number of ketones is 1. The molecule has 0 heterocycles. The van der Waals surface area contributed by atoms with Gasteiger partial charge in [-0.25, -0.2) is 0 Å². The molecule has 4 nitrogen and oxygen atoms in total. The van der Waals surface area contributed by atoms with Crippen molar-refractivity contribution in [2.24, 2.45) is 0 Å². The third kappa shape index (κ3) is 7.46.